The van der Waals surface area contributed by atoms with Gasteiger partial charge in [-0.1, -0.05) is 18.2 Å². The fourth-order valence-electron chi connectivity index (χ4n) is 1.99. The van der Waals surface area contributed by atoms with E-state index in [4.69, 9.17) is 21.1 Å². The molecule has 0 radical (unpaired) electrons. The van der Waals surface area contributed by atoms with Gasteiger partial charge in [0.15, 0.2) is 5.75 Å². The van der Waals surface area contributed by atoms with E-state index in [9.17, 15) is 9.59 Å². The highest BCUT2D eigenvalue weighted by molar-refractivity contribution is 6.31. The molecule has 0 amide bonds. The minimum absolute atomic E-state index is 0.220. The van der Waals surface area contributed by atoms with Crippen molar-refractivity contribution in [2.24, 2.45) is 0 Å². The highest BCUT2D eigenvalue weighted by Crippen LogP contribution is 2.41. The minimum atomic E-state index is -0.871. The standard InChI is InChI=1S/C16H14ClNO5/c1-4-14(19)23-15-10-6-5-9(17)7-11(10)13(8-12(15)18-2)22-16(20)21-3/h4-8,18H,1H2,2-3H3. The number of benzene rings is 2. The quantitative estimate of drug-likeness (QED) is 0.397. The molecule has 0 aromatic heterocycles. The van der Waals surface area contributed by atoms with Crippen LogP contribution in [0.15, 0.2) is 36.9 Å². The van der Waals surface area contributed by atoms with Crippen LogP contribution in [-0.2, 0) is 9.53 Å². The predicted octanol–water partition coefficient (Wildman–Crippen LogP) is 3.77. The Bertz CT molecular complexity index is 788. The zero-order valence-corrected chi connectivity index (χ0v) is 13.3. The first-order chi connectivity index (χ1) is 11.0. The van der Waals surface area contributed by atoms with Crippen molar-refractivity contribution in [1.29, 1.82) is 0 Å². The van der Waals surface area contributed by atoms with Gasteiger partial charge >= 0.3 is 12.1 Å². The van der Waals surface area contributed by atoms with Crippen molar-refractivity contribution in [3.05, 3.63) is 41.9 Å². The number of carbonyl (C=O) groups is 2. The Labute approximate surface area is 137 Å². The van der Waals surface area contributed by atoms with Crippen molar-refractivity contribution in [1.82, 2.24) is 0 Å². The number of ether oxygens (including phenoxy) is 3. The molecule has 0 saturated carbocycles. The van der Waals surface area contributed by atoms with Crippen LogP contribution in [0.3, 0.4) is 0 Å². The summed E-state index contributed by atoms with van der Waals surface area (Å²) >= 11 is 6.01. The number of halogens is 1. The third-order valence-corrected chi connectivity index (χ3v) is 3.25. The normalized spacial score (nSPS) is 10.0. The van der Waals surface area contributed by atoms with Crippen molar-refractivity contribution in [3.8, 4) is 11.5 Å². The fraction of sp³-hybridized carbons (Fsp3) is 0.125. The van der Waals surface area contributed by atoms with Gasteiger partial charge in [0.25, 0.3) is 0 Å². The van der Waals surface area contributed by atoms with Crippen LogP contribution < -0.4 is 14.8 Å². The lowest BCUT2D eigenvalue weighted by Gasteiger charge is -2.15. The van der Waals surface area contributed by atoms with E-state index in [-0.39, 0.29) is 11.5 Å². The predicted molar refractivity (Wildman–Crippen MR) is 87.4 cm³/mol. The number of hydrogen-bond donors (Lipinski definition) is 1. The number of carbonyl (C=O) groups excluding carboxylic acids is 2. The molecule has 0 unspecified atom stereocenters. The number of methoxy groups -OCH3 is 1. The molecule has 2 rings (SSSR count). The van der Waals surface area contributed by atoms with E-state index in [1.54, 1.807) is 25.2 Å². The van der Waals surface area contributed by atoms with Gasteiger partial charge in [0.1, 0.15) is 5.75 Å². The molecular weight excluding hydrogens is 322 g/mol. The van der Waals surface area contributed by atoms with Crippen LogP contribution in [0.25, 0.3) is 10.8 Å². The van der Waals surface area contributed by atoms with E-state index < -0.39 is 12.1 Å². The molecule has 23 heavy (non-hydrogen) atoms. The van der Waals surface area contributed by atoms with Gasteiger partial charge < -0.3 is 19.5 Å². The highest BCUT2D eigenvalue weighted by Gasteiger charge is 2.18. The van der Waals surface area contributed by atoms with Gasteiger partial charge in [-0.2, -0.15) is 0 Å². The molecule has 120 valence electrons. The maximum Gasteiger partial charge on any atom is 0.513 e. The Morgan fingerprint density at radius 1 is 1.22 bits per heavy atom. The number of hydrogen-bond acceptors (Lipinski definition) is 6. The molecule has 0 bridgehead atoms. The van der Waals surface area contributed by atoms with Crippen molar-refractivity contribution in [2.45, 2.75) is 0 Å². The van der Waals surface area contributed by atoms with Crippen LogP contribution >= 0.6 is 11.6 Å². The lowest BCUT2D eigenvalue weighted by molar-refractivity contribution is -0.128. The molecule has 0 fully saturated rings. The Morgan fingerprint density at radius 2 is 1.96 bits per heavy atom. The summed E-state index contributed by atoms with van der Waals surface area (Å²) in [4.78, 5) is 23.0. The van der Waals surface area contributed by atoms with Crippen LogP contribution in [-0.4, -0.2) is 26.3 Å². The van der Waals surface area contributed by atoms with E-state index in [1.807, 2.05) is 0 Å². The molecule has 0 spiro atoms. The lowest BCUT2D eigenvalue weighted by Crippen LogP contribution is -2.10. The number of rotatable bonds is 4. The van der Waals surface area contributed by atoms with Crippen molar-refractivity contribution < 1.29 is 23.8 Å². The molecule has 1 N–H and O–H groups in total. The maximum atomic E-state index is 11.6. The second-order valence-electron chi connectivity index (χ2n) is 4.37. The molecule has 2 aromatic rings. The zero-order valence-electron chi connectivity index (χ0n) is 12.5. The average Bonchev–Trinajstić information content (AvgIpc) is 2.56. The summed E-state index contributed by atoms with van der Waals surface area (Å²) in [6.07, 6.45) is 0.184. The topological polar surface area (TPSA) is 73.9 Å². The SMILES string of the molecule is C=CC(=O)Oc1c(NC)cc(OC(=O)OC)c2cc(Cl)ccc12. The monoisotopic (exact) mass is 335 g/mol. The molecule has 0 heterocycles. The summed E-state index contributed by atoms with van der Waals surface area (Å²) in [5.74, 6) is -0.113. The van der Waals surface area contributed by atoms with Gasteiger partial charge in [-0.3, -0.25) is 0 Å². The highest BCUT2D eigenvalue weighted by atomic mass is 35.5. The number of anilines is 1. The Balaban J connectivity index is 2.71. The second kappa shape index (κ2) is 7.02. The molecule has 7 heteroatoms. The largest absolute Gasteiger partial charge is 0.513 e. The molecule has 6 nitrogen and oxygen atoms in total. The Kier molecular flexibility index (Phi) is 5.08. The van der Waals surface area contributed by atoms with Gasteiger partial charge in [0, 0.05) is 35.0 Å². The summed E-state index contributed by atoms with van der Waals surface area (Å²) < 4.78 is 14.9. The summed E-state index contributed by atoms with van der Waals surface area (Å²) in [5.41, 5.74) is 0.453. The van der Waals surface area contributed by atoms with Crippen molar-refractivity contribution in [2.75, 3.05) is 19.5 Å². The Hall–Kier alpha value is -2.73. The summed E-state index contributed by atoms with van der Waals surface area (Å²) in [7, 11) is 2.85. The van der Waals surface area contributed by atoms with E-state index in [0.717, 1.165) is 6.08 Å². The van der Waals surface area contributed by atoms with E-state index in [1.165, 1.54) is 13.2 Å². The van der Waals surface area contributed by atoms with Crippen LogP contribution in [0, 0.1) is 0 Å². The van der Waals surface area contributed by atoms with Gasteiger partial charge in [0.05, 0.1) is 12.8 Å². The van der Waals surface area contributed by atoms with Crippen LogP contribution in [0.4, 0.5) is 10.5 Å². The zero-order chi connectivity index (χ0) is 17.0. The third kappa shape index (κ3) is 3.54. The molecule has 0 saturated heterocycles. The van der Waals surface area contributed by atoms with Crippen LogP contribution in [0.5, 0.6) is 11.5 Å². The van der Waals surface area contributed by atoms with E-state index in [2.05, 4.69) is 16.6 Å². The molecule has 0 aliphatic rings. The van der Waals surface area contributed by atoms with Crippen LogP contribution in [0.1, 0.15) is 0 Å². The van der Waals surface area contributed by atoms with Crippen molar-refractivity contribution >= 4 is 40.2 Å². The fourth-order valence-corrected chi connectivity index (χ4v) is 2.16. The summed E-state index contributed by atoms with van der Waals surface area (Å²) in [6.45, 7) is 3.37. The molecule has 0 aliphatic carbocycles. The first-order valence-corrected chi connectivity index (χ1v) is 6.92. The van der Waals surface area contributed by atoms with Crippen LogP contribution in [0.2, 0.25) is 5.02 Å². The van der Waals surface area contributed by atoms with Gasteiger partial charge in [-0.25, -0.2) is 9.59 Å². The first kappa shape index (κ1) is 16.6. The smallest absolute Gasteiger partial charge is 0.437 e. The molecule has 0 atom stereocenters. The first-order valence-electron chi connectivity index (χ1n) is 6.54. The lowest BCUT2D eigenvalue weighted by atomic mass is 10.1. The second-order valence-corrected chi connectivity index (χ2v) is 4.81. The van der Waals surface area contributed by atoms with Gasteiger partial charge in [0.2, 0.25) is 0 Å². The number of nitrogens with one attached hydrogen (secondary N) is 1. The van der Waals surface area contributed by atoms with E-state index in [0.29, 0.717) is 21.5 Å². The molecule has 0 aliphatic heterocycles. The number of fused-ring (bicyclic) bond motifs is 1. The molecular formula is C16H14ClNO5. The minimum Gasteiger partial charge on any atom is -0.437 e. The number of esters is 1. The van der Waals surface area contributed by atoms with Crippen molar-refractivity contribution in [3.63, 3.8) is 0 Å². The Morgan fingerprint density at radius 3 is 2.57 bits per heavy atom. The third-order valence-electron chi connectivity index (χ3n) is 3.01. The average molecular weight is 336 g/mol. The molecule has 2 aromatic carbocycles. The van der Waals surface area contributed by atoms with Gasteiger partial charge in [-0.05, 0) is 18.2 Å². The summed E-state index contributed by atoms with van der Waals surface area (Å²) in [6, 6.07) is 6.41. The summed E-state index contributed by atoms with van der Waals surface area (Å²) in [5, 5.41) is 4.35. The maximum absolute atomic E-state index is 11.6. The van der Waals surface area contributed by atoms with E-state index >= 15 is 0 Å². The van der Waals surface area contributed by atoms with Gasteiger partial charge in [-0.15, -0.1) is 0 Å².